The molecule has 1 heteroatoms. The van der Waals surface area contributed by atoms with Crippen LogP contribution in [0.1, 0.15) is 25.5 Å². The van der Waals surface area contributed by atoms with Crippen molar-refractivity contribution >= 4 is 10.8 Å². The molecule has 0 radical (unpaired) electrons. The Kier molecular flexibility index (Phi) is 3.46. The van der Waals surface area contributed by atoms with E-state index in [1.54, 1.807) is 0 Å². The number of terminal acetylenes is 1. The van der Waals surface area contributed by atoms with Crippen molar-refractivity contribution in [3.8, 4) is 12.3 Å². The third kappa shape index (κ3) is 2.49. The highest BCUT2D eigenvalue weighted by molar-refractivity contribution is 5.86. The maximum Gasteiger partial charge on any atom is 0.0662 e. The number of hydrogen-bond acceptors (Lipinski definition) is 1. The number of hydrogen-bond donors (Lipinski definition) is 1. The first-order valence-electron chi connectivity index (χ1n) is 5.92. The second kappa shape index (κ2) is 5.03. The van der Waals surface area contributed by atoms with Gasteiger partial charge in [-0.25, -0.2) is 0 Å². The third-order valence-electron chi connectivity index (χ3n) is 3.04. The van der Waals surface area contributed by atoms with Crippen molar-refractivity contribution in [3.05, 3.63) is 48.0 Å². The van der Waals surface area contributed by atoms with Gasteiger partial charge >= 0.3 is 0 Å². The van der Waals surface area contributed by atoms with Crippen molar-refractivity contribution in [1.82, 2.24) is 5.32 Å². The maximum atomic E-state index is 5.40. The molecular weight excluding hydrogens is 206 g/mol. The first kappa shape index (κ1) is 11.7. The summed E-state index contributed by atoms with van der Waals surface area (Å²) in [6.07, 6.45) is 5.40. The van der Waals surface area contributed by atoms with E-state index in [-0.39, 0.29) is 12.1 Å². The Morgan fingerprint density at radius 3 is 2.53 bits per heavy atom. The fourth-order valence-corrected chi connectivity index (χ4v) is 2.14. The van der Waals surface area contributed by atoms with Crippen molar-refractivity contribution in [3.63, 3.8) is 0 Å². The van der Waals surface area contributed by atoms with Crippen LogP contribution in [0, 0.1) is 12.3 Å². The van der Waals surface area contributed by atoms with Crippen LogP contribution in [0.4, 0.5) is 0 Å². The maximum absolute atomic E-state index is 5.40. The summed E-state index contributed by atoms with van der Waals surface area (Å²) in [5, 5.41) is 5.96. The van der Waals surface area contributed by atoms with E-state index >= 15 is 0 Å². The zero-order valence-electron chi connectivity index (χ0n) is 10.3. The fourth-order valence-electron chi connectivity index (χ4n) is 2.14. The summed E-state index contributed by atoms with van der Waals surface area (Å²) in [7, 11) is 0. The van der Waals surface area contributed by atoms with Crippen LogP contribution in [0.3, 0.4) is 0 Å². The van der Waals surface area contributed by atoms with Gasteiger partial charge in [-0.2, -0.15) is 0 Å². The zero-order valence-corrected chi connectivity index (χ0v) is 10.3. The molecule has 0 saturated heterocycles. The van der Waals surface area contributed by atoms with E-state index < -0.39 is 0 Å². The van der Waals surface area contributed by atoms with E-state index in [9.17, 15) is 0 Å². The van der Waals surface area contributed by atoms with Crippen molar-refractivity contribution in [2.45, 2.75) is 25.9 Å². The van der Waals surface area contributed by atoms with Crippen LogP contribution in [-0.4, -0.2) is 6.04 Å². The highest BCUT2D eigenvalue weighted by atomic mass is 14.9. The van der Waals surface area contributed by atoms with Crippen molar-refractivity contribution in [2.24, 2.45) is 0 Å². The van der Waals surface area contributed by atoms with Crippen LogP contribution >= 0.6 is 0 Å². The first-order valence-corrected chi connectivity index (χ1v) is 5.92. The summed E-state index contributed by atoms with van der Waals surface area (Å²) in [5.74, 6) is 2.70. The molecule has 0 aromatic heterocycles. The van der Waals surface area contributed by atoms with Gasteiger partial charge in [0.15, 0.2) is 0 Å². The number of fused-ring (bicyclic) bond motifs is 1. The number of benzene rings is 2. The standard InChI is InChI=1S/C16H17N/c1-4-12(2)17-13(3)15-11-7-9-14-8-5-6-10-16(14)15/h1,5-13,17H,2-3H3. The van der Waals surface area contributed by atoms with Crippen LogP contribution < -0.4 is 5.32 Å². The minimum Gasteiger partial charge on any atom is -0.297 e. The van der Waals surface area contributed by atoms with Crippen LogP contribution in [0.15, 0.2) is 42.5 Å². The Morgan fingerprint density at radius 1 is 1.06 bits per heavy atom. The van der Waals surface area contributed by atoms with E-state index in [0.717, 1.165) is 0 Å². The summed E-state index contributed by atoms with van der Waals surface area (Å²) in [4.78, 5) is 0. The molecule has 0 aliphatic heterocycles. The lowest BCUT2D eigenvalue weighted by Crippen LogP contribution is -2.27. The van der Waals surface area contributed by atoms with Crippen LogP contribution in [-0.2, 0) is 0 Å². The average Bonchev–Trinajstić information content (AvgIpc) is 2.37. The molecule has 2 aromatic rings. The molecule has 1 nitrogen and oxygen atoms in total. The Balaban J connectivity index is 2.38. The number of rotatable bonds is 3. The van der Waals surface area contributed by atoms with Gasteiger partial charge < -0.3 is 0 Å². The molecule has 2 unspecified atom stereocenters. The van der Waals surface area contributed by atoms with Crippen LogP contribution in [0.25, 0.3) is 10.8 Å². The quantitative estimate of drug-likeness (QED) is 0.785. The summed E-state index contributed by atoms with van der Waals surface area (Å²) in [5.41, 5.74) is 1.30. The molecule has 0 aliphatic rings. The molecule has 2 rings (SSSR count). The van der Waals surface area contributed by atoms with Gasteiger partial charge in [0.25, 0.3) is 0 Å². The molecule has 0 saturated carbocycles. The van der Waals surface area contributed by atoms with Crippen LogP contribution in [0.5, 0.6) is 0 Å². The monoisotopic (exact) mass is 223 g/mol. The molecule has 0 aliphatic carbocycles. The van der Waals surface area contributed by atoms with E-state index in [0.29, 0.717) is 0 Å². The van der Waals surface area contributed by atoms with Crippen molar-refractivity contribution < 1.29 is 0 Å². The molecule has 86 valence electrons. The molecule has 2 aromatic carbocycles. The average molecular weight is 223 g/mol. The topological polar surface area (TPSA) is 12.0 Å². The molecular formula is C16H17N. The van der Waals surface area contributed by atoms with Crippen LogP contribution in [0.2, 0.25) is 0 Å². The Morgan fingerprint density at radius 2 is 1.76 bits per heavy atom. The fraction of sp³-hybridized carbons (Fsp3) is 0.250. The van der Waals surface area contributed by atoms with Crippen molar-refractivity contribution in [1.29, 1.82) is 0 Å². The van der Waals surface area contributed by atoms with E-state index in [1.165, 1.54) is 16.3 Å². The normalized spacial score (nSPS) is 14.2. The molecule has 2 atom stereocenters. The summed E-state index contributed by atoms with van der Waals surface area (Å²) >= 11 is 0. The Bertz CT molecular complexity index is 545. The van der Waals surface area contributed by atoms with Gasteiger partial charge in [0.2, 0.25) is 0 Å². The lowest BCUT2D eigenvalue weighted by molar-refractivity contribution is 0.549. The van der Waals surface area contributed by atoms with Gasteiger partial charge in [-0.3, -0.25) is 5.32 Å². The van der Waals surface area contributed by atoms with E-state index in [4.69, 9.17) is 6.42 Å². The van der Waals surface area contributed by atoms with Gasteiger partial charge in [0.1, 0.15) is 0 Å². The molecule has 1 N–H and O–H groups in total. The second-order valence-electron chi connectivity index (χ2n) is 4.35. The zero-order chi connectivity index (χ0) is 12.3. The lowest BCUT2D eigenvalue weighted by atomic mass is 9.99. The molecule has 17 heavy (non-hydrogen) atoms. The minimum atomic E-state index is 0.0870. The van der Waals surface area contributed by atoms with Crippen molar-refractivity contribution in [2.75, 3.05) is 0 Å². The molecule has 0 spiro atoms. The summed E-state index contributed by atoms with van der Waals surface area (Å²) < 4.78 is 0. The van der Waals surface area contributed by atoms with Gasteiger partial charge in [0.05, 0.1) is 6.04 Å². The smallest absolute Gasteiger partial charge is 0.0662 e. The minimum absolute atomic E-state index is 0.0870. The molecule has 0 amide bonds. The predicted molar refractivity (Wildman–Crippen MR) is 73.8 cm³/mol. The van der Waals surface area contributed by atoms with Gasteiger partial charge in [-0.15, -0.1) is 6.42 Å². The highest BCUT2D eigenvalue weighted by Gasteiger charge is 2.10. The molecule has 0 heterocycles. The summed E-state index contributed by atoms with van der Waals surface area (Å²) in [6, 6.07) is 15.2. The third-order valence-corrected chi connectivity index (χ3v) is 3.04. The molecule has 0 bridgehead atoms. The van der Waals surface area contributed by atoms with Gasteiger partial charge in [0, 0.05) is 6.04 Å². The lowest BCUT2D eigenvalue weighted by Gasteiger charge is -2.18. The molecule has 0 fully saturated rings. The van der Waals surface area contributed by atoms with Gasteiger partial charge in [-0.05, 0) is 30.2 Å². The Hall–Kier alpha value is -1.78. The largest absolute Gasteiger partial charge is 0.297 e. The highest BCUT2D eigenvalue weighted by Crippen LogP contribution is 2.24. The predicted octanol–water partition coefficient (Wildman–Crippen LogP) is 3.51. The van der Waals surface area contributed by atoms with Gasteiger partial charge in [-0.1, -0.05) is 48.4 Å². The number of nitrogens with one attached hydrogen (secondary N) is 1. The summed E-state index contributed by atoms with van der Waals surface area (Å²) in [6.45, 7) is 4.15. The first-order chi connectivity index (χ1) is 8.22. The SMILES string of the molecule is C#CC(C)NC(C)c1cccc2ccccc12. The van der Waals surface area contributed by atoms with E-state index in [1.807, 2.05) is 6.92 Å². The van der Waals surface area contributed by atoms with E-state index in [2.05, 4.69) is 60.6 Å². The Labute approximate surface area is 103 Å². The second-order valence-corrected chi connectivity index (χ2v) is 4.35.